The molecule has 2 atom stereocenters. The van der Waals surface area contributed by atoms with Crippen LogP contribution in [0.5, 0.6) is 0 Å². The molecule has 0 rings (SSSR count). The van der Waals surface area contributed by atoms with Crippen molar-refractivity contribution in [2.24, 2.45) is 0 Å². The van der Waals surface area contributed by atoms with Crippen LogP contribution >= 0.6 is 0 Å². The van der Waals surface area contributed by atoms with Crippen LogP contribution in [-0.2, 0) is 4.74 Å². The molecular weight excluding hydrogens is 316 g/mol. The summed E-state index contributed by atoms with van der Waals surface area (Å²) in [5.41, 5.74) is 4.24. The van der Waals surface area contributed by atoms with Gasteiger partial charge in [-0.05, 0) is 66.2 Å². The molecule has 0 saturated heterocycles. The molecule has 0 aliphatic carbocycles. The first kappa shape index (κ1) is 24.1. The lowest BCUT2D eigenvalue weighted by atomic mass is 10.1. The summed E-state index contributed by atoms with van der Waals surface area (Å²) in [6, 6.07) is 0. The van der Waals surface area contributed by atoms with E-state index in [4.69, 9.17) is 9.84 Å². The van der Waals surface area contributed by atoms with E-state index in [2.05, 4.69) is 45.9 Å². The molecule has 4 heteroatoms. The molecule has 2 unspecified atom stereocenters. The van der Waals surface area contributed by atoms with Crippen molar-refractivity contribution in [3.8, 4) is 0 Å². The summed E-state index contributed by atoms with van der Waals surface area (Å²) >= 11 is 0. The lowest BCUT2D eigenvalue weighted by Crippen LogP contribution is -2.33. The van der Waals surface area contributed by atoms with Crippen molar-refractivity contribution in [1.82, 2.24) is 0 Å². The summed E-state index contributed by atoms with van der Waals surface area (Å²) in [6.07, 6.45) is 11.0. The lowest BCUT2D eigenvalue weighted by Gasteiger charge is -2.15. The summed E-state index contributed by atoms with van der Waals surface area (Å²) in [7, 11) is 0. The highest BCUT2D eigenvalue weighted by molar-refractivity contribution is 5.05. The van der Waals surface area contributed by atoms with Gasteiger partial charge in [0.25, 0.3) is 0 Å². The normalized spacial score (nSPS) is 15.2. The van der Waals surface area contributed by atoms with Crippen LogP contribution in [0.2, 0.25) is 0 Å². The Balaban J connectivity index is 3.76. The molecule has 0 bridgehead atoms. The Kier molecular flexibility index (Phi) is 14.7. The van der Waals surface area contributed by atoms with Crippen LogP contribution in [0, 0.1) is 0 Å². The highest BCUT2D eigenvalue weighted by Gasteiger charge is 2.14. The first-order valence-electron chi connectivity index (χ1n) is 9.36. The molecule has 0 fully saturated rings. The van der Waals surface area contributed by atoms with Gasteiger partial charge in [0, 0.05) is 6.61 Å². The van der Waals surface area contributed by atoms with E-state index in [1.54, 1.807) is 0 Å². The van der Waals surface area contributed by atoms with Crippen LogP contribution in [0.15, 0.2) is 34.9 Å². The highest BCUT2D eigenvalue weighted by Crippen LogP contribution is 2.12. The molecule has 0 aromatic heterocycles. The Hall–Kier alpha value is -0.940. The van der Waals surface area contributed by atoms with E-state index in [0.717, 1.165) is 38.5 Å². The zero-order valence-corrected chi connectivity index (χ0v) is 16.5. The number of hydrogen-bond donors (Lipinski definition) is 3. The number of allylic oxidation sites excluding steroid dienone is 6. The molecule has 4 nitrogen and oxygen atoms in total. The summed E-state index contributed by atoms with van der Waals surface area (Å²) in [5.74, 6) is 0. The summed E-state index contributed by atoms with van der Waals surface area (Å²) in [5, 5.41) is 27.3. The van der Waals surface area contributed by atoms with Crippen molar-refractivity contribution in [2.45, 2.75) is 78.4 Å². The zero-order valence-electron chi connectivity index (χ0n) is 16.5. The first-order valence-corrected chi connectivity index (χ1v) is 9.36. The second kappa shape index (κ2) is 15.3. The topological polar surface area (TPSA) is 69.9 Å². The molecule has 0 aliphatic heterocycles. The van der Waals surface area contributed by atoms with Gasteiger partial charge in [0.2, 0.25) is 0 Å². The first-order chi connectivity index (χ1) is 11.9. The molecule has 0 radical (unpaired) electrons. The molecular formula is C21H38O4. The average Bonchev–Trinajstić information content (AvgIpc) is 2.56. The van der Waals surface area contributed by atoms with Gasteiger partial charge in [-0.1, -0.05) is 34.9 Å². The molecule has 0 aromatic rings. The van der Waals surface area contributed by atoms with Crippen molar-refractivity contribution < 1.29 is 20.1 Å². The van der Waals surface area contributed by atoms with Crippen LogP contribution < -0.4 is 0 Å². The van der Waals surface area contributed by atoms with E-state index in [0.29, 0.717) is 6.61 Å². The van der Waals surface area contributed by atoms with E-state index in [-0.39, 0.29) is 6.61 Å². The Bertz CT molecular complexity index is 420. The molecule has 0 amide bonds. The van der Waals surface area contributed by atoms with Crippen LogP contribution in [0.3, 0.4) is 0 Å². The van der Waals surface area contributed by atoms with Gasteiger partial charge in [-0.2, -0.15) is 0 Å². The fourth-order valence-corrected chi connectivity index (χ4v) is 2.31. The summed E-state index contributed by atoms with van der Waals surface area (Å²) < 4.78 is 5.30. The van der Waals surface area contributed by atoms with Crippen LogP contribution in [-0.4, -0.2) is 47.3 Å². The number of hydrogen-bond acceptors (Lipinski definition) is 4. The Morgan fingerprint density at radius 3 is 1.96 bits per heavy atom. The maximum absolute atomic E-state index is 9.43. The van der Waals surface area contributed by atoms with Gasteiger partial charge in [-0.15, -0.1) is 0 Å². The van der Waals surface area contributed by atoms with Crippen LogP contribution in [0.25, 0.3) is 0 Å². The molecule has 0 heterocycles. The van der Waals surface area contributed by atoms with Gasteiger partial charge in [-0.25, -0.2) is 0 Å². The SMILES string of the molecule is CC(C)=CCC/C(C)=C/CC/C(C)=C/CCCOCC(O)C(O)CO. The monoisotopic (exact) mass is 354 g/mol. The third-order valence-corrected chi connectivity index (χ3v) is 4.03. The zero-order chi connectivity index (χ0) is 19.1. The fourth-order valence-electron chi connectivity index (χ4n) is 2.31. The number of unbranched alkanes of at least 4 members (excludes halogenated alkanes) is 1. The lowest BCUT2D eigenvalue weighted by molar-refractivity contribution is -0.0568. The Labute approximate surface area is 153 Å². The predicted molar refractivity (Wildman–Crippen MR) is 105 cm³/mol. The highest BCUT2D eigenvalue weighted by atomic mass is 16.5. The molecule has 3 N–H and O–H groups in total. The van der Waals surface area contributed by atoms with Gasteiger partial charge in [0.15, 0.2) is 0 Å². The van der Waals surface area contributed by atoms with Crippen molar-refractivity contribution in [1.29, 1.82) is 0 Å². The van der Waals surface area contributed by atoms with Crippen molar-refractivity contribution in [3.05, 3.63) is 34.9 Å². The molecule has 0 aromatic carbocycles. The number of rotatable bonds is 14. The summed E-state index contributed by atoms with van der Waals surface area (Å²) in [6.45, 7) is 8.79. The van der Waals surface area contributed by atoms with E-state index >= 15 is 0 Å². The average molecular weight is 355 g/mol. The second-order valence-corrected chi connectivity index (χ2v) is 6.99. The molecule has 25 heavy (non-hydrogen) atoms. The van der Waals surface area contributed by atoms with E-state index < -0.39 is 18.8 Å². The molecule has 0 spiro atoms. The third-order valence-electron chi connectivity index (χ3n) is 4.03. The van der Waals surface area contributed by atoms with Crippen molar-refractivity contribution >= 4 is 0 Å². The fraction of sp³-hybridized carbons (Fsp3) is 0.714. The van der Waals surface area contributed by atoms with Gasteiger partial charge in [0.1, 0.15) is 12.2 Å². The summed E-state index contributed by atoms with van der Waals surface area (Å²) in [4.78, 5) is 0. The molecule has 146 valence electrons. The largest absolute Gasteiger partial charge is 0.394 e. The smallest absolute Gasteiger partial charge is 0.105 e. The minimum absolute atomic E-state index is 0.0568. The molecule has 0 aliphatic rings. The van der Waals surface area contributed by atoms with E-state index in [9.17, 15) is 10.2 Å². The Morgan fingerprint density at radius 1 is 0.840 bits per heavy atom. The van der Waals surface area contributed by atoms with Gasteiger partial charge < -0.3 is 20.1 Å². The number of ether oxygens (including phenoxy) is 1. The maximum atomic E-state index is 9.43. The molecule has 0 saturated carbocycles. The van der Waals surface area contributed by atoms with Crippen molar-refractivity contribution in [3.63, 3.8) is 0 Å². The second-order valence-electron chi connectivity index (χ2n) is 6.99. The standard InChI is InChI=1S/C21H38O4/c1-17(2)9-7-11-19(4)13-8-12-18(3)10-5-6-14-25-16-21(24)20(23)15-22/h9-10,13,20-24H,5-8,11-12,14-16H2,1-4H3/b18-10+,19-13+. The maximum Gasteiger partial charge on any atom is 0.105 e. The minimum Gasteiger partial charge on any atom is -0.394 e. The van der Waals surface area contributed by atoms with Crippen molar-refractivity contribution in [2.75, 3.05) is 19.8 Å². The number of aliphatic hydroxyl groups excluding tert-OH is 3. The van der Waals surface area contributed by atoms with Gasteiger partial charge in [0.05, 0.1) is 13.2 Å². The predicted octanol–water partition coefficient (Wildman–Crippen LogP) is 3.92. The Morgan fingerprint density at radius 2 is 1.40 bits per heavy atom. The minimum atomic E-state index is -1.12. The van der Waals surface area contributed by atoms with E-state index in [1.165, 1.54) is 16.7 Å². The quantitative estimate of drug-likeness (QED) is 0.327. The van der Waals surface area contributed by atoms with Crippen LogP contribution in [0.1, 0.15) is 66.2 Å². The van der Waals surface area contributed by atoms with Crippen LogP contribution in [0.4, 0.5) is 0 Å². The van der Waals surface area contributed by atoms with Gasteiger partial charge in [-0.3, -0.25) is 0 Å². The van der Waals surface area contributed by atoms with Gasteiger partial charge >= 0.3 is 0 Å². The number of aliphatic hydroxyl groups is 3. The van der Waals surface area contributed by atoms with E-state index in [1.807, 2.05) is 0 Å². The third kappa shape index (κ3) is 15.1.